The molecule has 6 rings (SSSR count). The van der Waals surface area contributed by atoms with Gasteiger partial charge in [-0.05, 0) is 82.7 Å². The molecular formula is C31H28O2S2. The molecule has 0 heterocycles. The highest BCUT2D eigenvalue weighted by atomic mass is 32.1. The van der Waals surface area contributed by atoms with Crippen molar-refractivity contribution in [3.05, 3.63) is 117 Å². The van der Waals surface area contributed by atoms with Gasteiger partial charge in [-0.25, -0.2) is 0 Å². The average Bonchev–Trinajstić information content (AvgIpc) is 3.41. The molecule has 35 heavy (non-hydrogen) atoms. The number of ether oxygens (including phenoxy) is 2. The highest BCUT2D eigenvalue weighted by molar-refractivity contribution is 7.80. The lowest BCUT2D eigenvalue weighted by molar-refractivity contribution is 0.132. The summed E-state index contributed by atoms with van der Waals surface area (Å²) in [5.74, 6) is 3.05. The largest absolute Gasteiger partial charge is 0.495 e. The van der Waals surface area contributed by atoms with E-state index < -0.39 is 5.41 Å². The molecule has 2 nitrogen and oxygen atoms in total. The van der Waals surface area contributed by atoms with Crippen molar-refractivity contribution in [2.24, 2.45) is 5.41 Å². The molecule has 0 fully saturated rings. The van der Waals surface area contributed by atoms with Crippen LogP contribution in [0.4, 0.5) is 0 Å². The van der Waals surface area contributed by atoms with E-state index in [0.717, 1.165) is 11.5 Å². The van der Waals surface area contributed by atoms with Gasteiger partial charge >= 0.3 is 0 Å². The molecule has 0 radical (unpaired) electrons. The second-order valence-electron chi connectivity index (χ2n) is 9.41. The standard InChI is InChI=1S/C31H28O2S2/c1-19-3-5-23-21(15-19)17-27-25(23)7-9-29(32-11-13-34)31(27)28-18-22-16-20(2)4-6-24(22)26(28)8-10-30(31)33-12-14-35/h3-10,15-18,34-35H,11-14H2,1-2H3. The second-order valence-corrected chi connectivity index (χ2v) is 10.3. The zero-order valence-corrected chi connectivity index (χ0v) is 21.8. The van der Waals surface area contributed by atoms with E-state index in [-0.39, 0.29) is 0 Å². The van der Waals surface area contributed by atoms with Gasteiger partial charge < -0.3 is 9.47 Å². The Morgan fingerprint density at radius 1 is 0.657 bits per heavy atom. The third kappa shape index (κ3) is 3.34. The zero-order chi connectivity index (χ0) is 24.2. The highest BCUT2D eigenvalue weighted by Crippen LogP contribution is 2.64. The number of allylic oxidation sites excluding steroid dienone is 6. The molecule has 0 aliphatic heterocycles. The monoisotopic (exact) mass is 496 g/mol. The van der Waals surface area contributed by atoms with Crippen molar-refractivity contribution in [3.63, 3.8) is 0 Å². The van der Waals surface area contributed by atoms with Crippen LogP contribution >= 0.6 is 25.3 Å². The van der Waals surface area contributed by atoms with Gasteiger partial charge in [-0.3, -0.25) is 0 Å². The molecule has 2 aromatic carbocycles. The molecule has 0 unspecified atom stereocenters. The molecule has 0 bridgehead atoms. The average molecular weight is 497 g/mol. The van der Waals surface area contributed by atoms with Gasteiger partial charge in [0.2, 0.25) is 0 Å². The van der Waals surface area contributed by atoms with Crippen molar-refractivity contribution in [1.82, 2.24) is 0 Å². The Bertz CT molecular complexity index is 1320. The van der Waals surface area contributed by atoms with Gasteiger partial charge in [0.15, 0.2) is 0 Å². The van der Waals surface area contributed by atoms with Gasteiger partial charge in [-0.15, -0.1) is 0 Å². The van der Waals surface area contributed by atoms with Crippen LogP contribution in [0.2, 0.25) is 0 Å². The fourth-order valence-corrected chi connectivity index (χ4v) is 6.00. The molecule has 1 spiro atoms. The van der Waals surface area contributed by atoms with Crippen molar-refractivity contribution in [1.29, 1.82) is 0 Å². The fraction of sp³-hybridized carbons (Fsp3) is 0.226. The van der Waals surface area contributed by atoms with Crippen LogP contribution in [0.25, 0.3) is 23.3 Å². The summed E-state index contributed by atoms with van der Waals surface area (Å²) in [6.07, 6.45) is 13.4. The number of hydrogen-bond donors (Lipinski definition) is 2. The van der Waals surface area contributed by atoms with Crippen molar-refractivity contribution in [2.45, 2.75) is 13.8 Å². The SMILES string of the molecule is Cc1ccc2c(c1)C=C1C2=CC=C(OCCS)C12C(OCCS)=CC=C1C2=Cc2cc(C)ccc21. The topological polar surface area (TPSA) is 18.5 Å². The lowest BCUT2D eigenvalue weighted by Gasteiger charge is -2.44. The summed E-state index contributed by atoms with van der Waals surface area (Å²) in [6, 6.07) is 13.4. The van der Waals surface area contributed by atoms with Crippen LogP contribution in [-0.2, 0) is 9.47 Å². The molecule has 0 amide bonds. The first kappa shape index (κ1) is 22.6. The number of fused-ring (bicyclic) bond motifs is 8. The predicted molar refractivity (Wildman–Crippen MR) is 152 cm³/mol. The van der Waals surface area contributed by atoms with Gasteiger partial charge in [0.05, 0.1) is 13.2 Å². The van der Waals surface area contributed by atoms with E-state index in [2.05, 4.69) is 112 Å². The van der Waals surface area contributed by atoms with Crippen LogP contribution in [0.5, 0.6) is 0 Å². The van der Waals surface area contributed by atoms with E-state index in [9.17, 15) is 0 Å². The van der Waals surface area contributed by atoms with Crippen LogP contribution in [0.15, 0.2) is 83.4 Å². The number of aryl methyl sites for hydroxylation is 2. The molecular weight excluding hydrogens is 468 g/mol. The Kier molecular flexibility index (Phi) is 5.62. The van der Waals surface area contributed by atoms with Crippen LogP contribution < -0.4 is 0 Å². The van der Waals surface area contributed by atoms with Crippen molar-refractivity contribution in [2.75, 3.05) is 24.7 Å². The summed E-state index contributed by atoms with van der Waals surface area (Å²) in [5, 5.41) is 0. The quantitative estimate of drug-likeness (QED) is 0.411. The minimum Gasteiger partial charge on any atom is -0.495 e. The third-order valence-corrected chi connectivity index (χ3v) is 7.59. The normalized spacial score (nSPS) is 18.3. The molecule has 0 saturated heterocycles. The lowest BCUT2D eigenvalue weighted by atomic mass is 9.63. The number of benzene rings is 2. The highest BCUT2D eigenvalue weighted by Gasteiger charge is 2.55. The van der Waals surface area contributed by atoms with Gasteiger partial charge in [0.25, 0.3) is 0 Å². The van der Waals surface area contributed by atoms with Crippen molar-refractivity contribution < 1.29 is 9.47 Å². The minimum atomic E-state index is -0.667. The minimum absolute atomic E-state index is 0.525. The smallest absolute Gasteiger partial charge is 0.136 e. The van der Waals surface area contributed by atoms with Gasteiger partial charge in [-0.2, -0.15) is 25.3 Å². The second kappa shape index (κ2) is 8.69. The number of rotatable bonds is 6. The van der Waals surface area contributed by atoms with E-state index in [4.69, 9.17) is 9.47 Å². The fourth-order valence-electron chi connectivity index (χ4n) is 5.82. The molecule has 0 N–H and O–H groups in total. The maximum Gasteiger partial charge on any atom is 0.136 e. The van der Waals surface area contributed by atoms with Crippen molar-refractivity contribution in [3.8, 4) is 0 Å². The number of hydrogen-bond acceptors (Lipinski definition) is 4. The van der Waals surface area contributed by atoms with E-state index in [1.807, 2.05) is 0 Å². The third-order valence-electron chi connectivity index (χ3n) is 7.22. The summed E-state index contributed by atoms with van der Waals surface area (Å²) in [5.41, 5.74) is 11.7. The van der Waals surface area contributed by atoms with Crippen LogP contribution in [-0.4, -0.2) is 24.7 Å². The van der Waals surface area contributed by atoms with Crippen LogP contribution in [0, 0.1) is 19.3 Å². The van der Waals surface area contributed by atoms with E-state index in [1.54, 1.807) is 0 Å². The lowest BCUT2D eigenvalue weighted by Crippen LogP contribution is -2.36. The summed E-state index contributed by atoms with van der Waals surface area (Å²) >= 11 is 8.88. The molecule has 2 aromatic rings. The molecule has 0 aromatic heterocycles. The molecule has 0 atom stereocenters. The van der Waals surface area contributed by atoms with Crippen molar-refractivity contribution >= 4 is 48.6 Å². The molecule has 4 aliphatic rings. The first-order chi connectivity index (χ1) is 17.1. The van der Waals surface area contributed by atoms with E-state index >= 15 is 0 Å². The summed E-state index contributed by atoms with van der Waals surface area (Å²) in [4.78, 5) is 0. The first-order valence-electron chi connectivity index (χ1n) is 12.1. The predicted octanol–water partition coefficient (Wildman–Crippen LogP) is 7.24. The van der Waals surface area contributed by atoms with E-state index in [1.165, 1.54) is 55.7 Å². The zero-order valence-electron chi connectivity index (χ0n) is 20.0. The molecule has 176 valence electrons. The Morgan fingerprint density at radius 3 is 1.54 bits per heavy atom. The van der Waals surface area contributed by atoms with Gasteiger partial charge in [0.1, 0.15) is 16.9 Å². The summed E-state index contributed by atoms with van der Waals surface area (Å²) < 4.78 is 13.0. The van der Waals surface area contributed by atoms with Gasteiger partial charge in [0, 0.05) is 11.5 Å². The maximum atomic E-state index is 6.49. The Morgan fingerprint density at radius 2 is 1.11 bits per heavy atom. The molecule has 4 heteroatoms. The molecule has 0 saturated carbocycles. The Balaban J connectivity index is 1.63. The summed E-state index contributed by atoms with van der Waals surface area (Å²) in [7, 11) is 0. The maximum absolute atomic E-state index is 6.49. The first-order valence-corrected chi connectivity index (χ1v) is 13.3. The Hall–Kier alpha value is -2.82. The summed E-state index contributed by atoms with van der Waals surface area (Å²) in [6.45, 7) is 5.34. The van der Waals surface area contributed by atoms with E-state index in [0.29, 0.717) is 24.7 Å². The molecule has 4 aliphatic carbocycles. The van der Waals surface area contributed by atoms with Gasteiger partial charge in [-0.1, -0.05) is 59.7 Å². The van der Waals surface area contributed by atoms with Crippen LogP contribution in [0.3, 0.4) is 0 Å². The van der Waals surface area contributed by atoms with Crippen LogP contribution in [0.1, 0.15) is 33.4 Å². The Labute approximate surface area is 218 Å². The number of thiol groups is 2.